The zero-order chi connectivity index (χ0) is 24.7. The van der Waals surface area contributed by atoms with Gasteiger partial charge in [0.2, 0.25) is 0 Å². The lowest BCUT2D eigenvalue weighted by Gasteiger charge is -2.25. The molecule has 0 saturated carbocycles. The van der Waals surface area contributed by atoms with E-state index in [-0.39, 0.29) is 25.4 Å². The van der Waals surface area contributed by atoms with E-state index in [1.54, 1.807) is 13.1 Å². The summed E-state index contributed by atoms with van der Waals surface area (Å²) in [6.07, 6.45) is 0.171. The molecule has 9 nitrogen and oxygen atoms in total. The third-order valence-electron chi connectivity index (χ3n) is 6.15. The van der Waals surface area contributed by atoms with E-state index in [0.717, 1.165) is 10.9 Å². The number of aromatic nitrogens is 2. The van der Waals surface area contributed by atoms with Crippen LogP contribution in [0.3, 0.4) is 0 Å². The molecule has 1 N–H and O–H groups in total. The monoisotopic (exact) mass is 498 g/mol. The van der Waals surface area contributed by atoms with Crippen LogP contribution in [0.5, 0.6) is 5.75 Å². The van der Waals surface area contributed by atoms with Crippen LogP contribution in [-0.4, -0.2) is 64.3 Å². The Kier molecular flexibility index (Phi) is 6.37. The van der Waals surface area contributed by atoms with Crippen molar-refractivity contribution in [2.75, 3.05) is 13.7 Å². The molecule has 4 heterocycles. The normalized spacial score (nSPS) is 25.7. The highest BCUT2D eigenvalue weighted by Crippen LogP contribution is 2.45. The van der Waals surface area contributed by atoms with E-state index < -0.39 is 18.1 Å². The summed E-state index contributed by atoms with van der Waals surface area (Å²) in [5, 5.41) is 10.7. The largest absolute Gasteiger partial charge is 0.491 e. The zero-order valence-corrected chi connectivity index (χ0v) is 20.5. The fourth-order valence-electron chi connectivity index (χ4n) is 4.61. The molecule has 0 amide bonds. The van der Waals surface area contributed by atoms with E-state index in [4.69, 9.17) is 30.5 Å². The lowest BCUT2D eigenvalue weighted by molar-refractivity contribution is -0.199. The van der Waals surface area contributed by atoms with Crippen molar-refractivity contribution in [3.63, 3.8) is 0 Å². The van der Waals surface area contributed by atoms with Crippen LogP contribution in [-0.2, 0) is 20.8 Å². The Bertz CT molecular complexity index is 1290. The van der Waals surface area contributed by atoms with Gasteiger partial charge in [-0.05, 0) is 44.8 Å². The maximum absolute atomic E-state index is 9.38. The topological polar surface area (TPSA) is 99.7 Å². The smallest absolute Gasteiger partial charge is 0.164 e. The number of aliphatic hydroxyl groups excluding tert-OH is 1. The highest BCUT2D eigenvalue weighted by atomic mass is 35.5. The summed E-state index contributed by atoms with van der Waals surface area (Å²) in [4.78, 5) is 12.7. The molecule has 0 unspecified atom stereocenters. The fraction of sp³-hybridized carbons (Fsp3) is 0.400. The summed E-state index contributed by atoms with van der Waals surface area (Å²) in [6, 6.07) is 11.2. The van der Waals surface area contributed by atoms with E-state index in [1.165, 1.54) is 0 Å². The van der Waals surface area contributed by atoms with Gasteiger partial charge >= 0.3 is 0 Å². The van der Waals surface area contributed by atoms with Gasteiger partial charge in [0.05, 0.1) is 23.4 Å². The molecular formula is C25H27ClN4O5. The maximum Gasteiger partial charge on any atom is 0.164 e. The van der Waals surface area contributed by atoms with Crippen LogP contribution >= 0.6 is 11.6 Å². The van der Waals surface area contributed by atoms with Gasteiger partial charge in [0.25, 0.3) is 0 Å². The number of rotatable bonds is 7. The fourth-order valence-corrected chi connectivity index (χ4v) is 4.75. The SMILES string of the molecule is C=Nc1c(/C(Cl)=N\C)ccn1[C@@H]1O[C@H](COc2ccc3ccc(CO)nc3c2)[C@H]2OC(C)(C)O[C@H]21. The average Bonchev–Trinajstić information content (AvgIpc) is 3.52. The van der Waals surface area contributed by atoms with E-state index >= 15 is 0 Å². The number of pyridine rings is 1. The van der Waals surface area contributed by atoms with Crippen LogP contribution in [0.4, 0.5) is 5.82 Å². The highest BCUT2D eigenvalue weighted by Gasteiger charge is 2.56. The lowest BCUT2D eigenvalue weighted by atomic mass is 10.1. The number of fused-ring (bicyclic) bond motifs is 2. The van der Waals surface area contributed by atoms with Gasteiger partial charge in [-0.2, -0.15) is 0 Å². The Labute approximate surface area is 208 Å². The first-order valence-electron chi connectivity index (χ1n) is 11.3. The van der Waals surface area contributed by atoms with Gasteiger partial charge in [-0.25, -0.2) is 4.99 Å². The Morgan fingerprint density at radius 2 is 2.00 bits per heavy atom. The van der Waals surface area contributed by atoms with Crippen molar-refractivity contribution in [2.24, 2.45) is 9.98 Å². The molecule has 2 aromatic heterocycles. The molecule has 3 aromatic rings. The summed E-state index contributed by atoms with van der Waals surface area (Å²) in [5.74, 6) is 0.410. The molecule has 0 bridgehead atoms. The molecule has 0 spiro atoms. The maximum atomic E-state index is 9.38. The van der Waals surface area contributed by atoms with Gasteiger partial charge in [-0.15, -0.1) is 0 Å². The number of hydrogen-bond acceptors (Lipinski definition) is 8. The summed E-state index contributed by atoms with van der Waals surface area (Å²) in [7, 11) is 1.62. The summed E-state index contributed by atoms with van der Waals surface area (Å²) < 4.78 is 26.8. The van der Waals surface area contributed by atoms with Crippen LogP contribution in [0.25, 0.3) is 10.9 Å². The third kappa shape index (κ3) is 4.46. The van der Waals surface area contributed by atoms with Crippen LogP contribution in [0.2, 0.25) is 0 Å². The molecule has 2 aliphatic heterocycles. The minimum absolute atomic E-state index is 0.119. The number of nitrogens with zero attached hydrogens (tertiary/aromatic N) is 4. The Balaban J connectivity index is 1.39. The van der Waals surface area contributed by atoms with Gasteiger partial charge in [0.1, 0.15) is 41.7 Å². The number of halogens is 1. The molecule has 2 saturated heterocycles. The van der Waals surface area contributed by atoms with Gasteiger partial charge in [0.15, 0.2) is 12.0 Å². The van der Waals surface area contributed by atoms with Gasteiger partial charge < -0.3 is 28.6 Å². The van der Waals surface area contributed by atoms with E-state index in [1.807, 2.05) is 54.9 Å². The second-order valence-electron chi connectivity index (χ2n) is 8.89. The molecule has 0 aliphatic carbocycles. The first-order valence-corrected chi connectivity index (χ1v) is 11.7. The Morgan fingerprint density at radius 3 is 2.74 bits per heavy atom. The predicted octanol–water partition coefficient (Wildman–Crippen LogP) is 3.97. The highest BCUT2D eigenvalue weighted by molar-refractivity contribution is 6.70. The van der Waals surface area contributed by atoms with Crippen molar-refractivity contribution in [1.82, 2.24) is 9.55 Å². The first-order chi connectivity index (χ1) is 16.8. The van der Waals surface area contributed by atoms with Crippen LogP contribution in [0.15, 0.2) is 52.6 Å². The minimum atomic E-state index is -0.774. The summed E-state index contributed by atoms with van der Waals surface area (Å²) >= 11 is 6.27. The predicted molar refractivity (Wildman–Crippen MR) is 133 cm³/mol. The summed E-state index contributed by atoms with van der Waals surface area (Å²) in [5.41, 5.74) is 2.01. The van der Waals surface area contributed by atoms with Crippen molar-refractivity contribution in [2.45, 2.75) is 50.8 Å². The standard InChI is InChI=1S/C25H27ClN4O5/c1-25(2)34-20-19(13-32-16-8-6-14-5-7-15(12-31)29-18(14)11-16)33-24(21(20)35-25)30-10-9-17(22(26)27-3)23(30)28-4/h5-11,19-21,24,31H,4,12-13H2,1-3H3/b27-22+/t19-,20-,21-,24-/m1/s1. The van der Waals surface area contributed by atoms with Crippen molar-refractivity contribution >= 4 is 40.2 Å². The average molecular weight is 499 g/mol. The molecule has 184 valence electrons. The van der Waals surface area contributed by atoms with Crippen molar-refractivity contribution < 1.29 is 24.1 Å². The van der Waals surface area contributed by atoms with E-state index in [2.05, 4.69) is 21.7 Å². The quantitative estimate of drug-likeness (QED) is 0.495. The zero-order valence-electron chi connectivity index (χ0n) is 19.7. The van der Waals surface area contributed by atoms with Crippen molar-refractivity contribution in [3.8, 4) is 5.75 Å². The van der Waals surface area contributed by atoms with Gasteiger partial charge in [-0.3, -0.25) is 9.98 Å². The molecule has 0 radical (unpaired) electrons. The second-order valence-corrected chi connectivity index (χ2v) is 9.25. The molecule has 4 atom stereocenters. The van der Waals surface area contributed by atoms with Crippen LogP contribution < -0.4 is 4.74 Å². The van der Waals surface area contributed by atoms with E-state index in [0.29, 0.717) is 28.0 Å². The summed E-state index contributed by atoms with van der Waals surface area (Å²) in [6.45, 7) is 7.58. The molecule has 10 heteroatoms. The molecule has 35 heavy (non-hydrogen) atoms. The number of aliphatic imine (C=N–C) groups is 2. The van der Waals surface area contributed by atoms with Crippen molar-refractivity contribution in [1.29, 1.82) is 0 Å². The number of ether oxygens (including phenoxy) is 4. The third-order valence-corrected chi connectivity index (χ3v) is 6.53. The number of benzene rings is 1. The molecule has 1 aromatic carbocycles. The van der Waals surface area contributed by atoms with E-state index in [9.17, 15) is 5.11 Å². The van der Waals surface area contributed by atoms with Crippen molar-refractivity contribution in [3.05, 3.63) is 53.9 Å². The van der Waals surface area contributed by atoms with Crippen LogP contribution in [0, 0.1) is 0 Å². The Hall–Kier alpha value is -2.82. The second kappa shape index (κ2) is 9.33. The molecular weight excluding hydrogens is 472 g/mol. The number of hydrogen-bond donors (Lipinski definition) is 1. The molecule has 5 rings (SSSR count). The molecule has 2 aliphatic rings. The van der Waals surface area contributed by atoms with Crippen LogP contribution in [0.1, 0.15) is 31.3 Å². The minimum Gasteiger partial charge on any atom is -0.491 e. The molecule has 2 fully saturated rings. The Morgan fingerprint density at radius 1 is 1.23 bits per heavy atom. The van der Waals surface area contributed by atoms with Gasteiger partial charge in [0, 0.05) is 24.7 Å². The van der Waals surface area contributed by atoms with Gasteiger partial charge in [-0.1, -0.05) is 17.7 Å². The lowest BCUT2D eigenvalue weighted by Crippen LogP contribution is -2.33. The number of aliphatic hydroxyl groups is 1. The first kappa shape index (κ1) is 23.9.